The molecule has 0 bridgehead atoms. The first kappa shape index (κ1) is 20.8. The zero-order chi connectivity index (χ0) is 22.1. The van der Waals surface area contributed by atoms with Crippen LogP contribution in [0.3, 0.4) is 0 Å². The Labute approximate surface area is 166 Å². The van der Waals surface area contributed by atoms with Gasteiger partial charge in [0, 0.05) is 35.3 Å². The van der Waals surface area contributed by atoms with E-state index in [-0.39, 0.29) is 28.1 Å². The summed E-state index contributed by atoms with van der Waals surface area (Å²) in [4.78, 5) is 33.9. The zero-order valence-electron chi connectivity index (χ0n) is 15.2. The molecule has 3 aromatic rings. The van der Waals surface area contributed by atoms with Crippen LogP contribution in [0.1, 0.15) is 12.5 Å². The monoisotopic (exact) mass is 422 g/mol. The Morgan fingerprint density at radius 2 is 1.93 bits per heavy atom. The Morgan fingerprint density at radius 3 is 2.60 bits per heavy atom. The van der Waals surface area contributed by atoms with E-state index in [2.05, 4.69) is 5.32 Å². The van der Waals surface area contributed by atoms with Crippen molar-refractivity contribution in [3.8, 4) is 5.75 Å². The van der Waals surface area contributed by atoms with E-state index < -0.39 is 34.3 Å². The van der Waals surface area contributed by atoms with E-state index in [0.29, 0.717) is 6.07 Å². The molecule has 0 aliphatic rings. The molecule has 0 fully saturated rings. The molecule has 1 atom stereocenters. The second kappa shape index (κ2) is 7.85. The topological polar surface area (TPSA) is 112 Å². The lowest BCUT2D eigenvalue weighted by Crippen LogP contribution is -2.30. The first-order valence-corrected chi connectivity index (χ1v) is 8.41. The molecule has 1 N–H and O–H groups in total. The first-order chi connectivity index (χ1) is 14.0. The summed E-state index contributed by atoms with van der Waals surface area (Å²) in [6, 6.07) is 8.96. The molecule has 0 saturated heterocycles. The number of benzene rings is 2. The fraction of sp³-hybridized carbons (Fsp3) is 0.158. The minimum absolute atomic E-state index is 0.00772. The van der Waals surface area contributed by atoms with E-state index >= 15 is 0 Å². The third-order valence-electron chi connectivity index (χ3n) is 4.03. The van der Waals surface area contributed by atoms with E-state index in [4.69, 9.17) is 9.15 Å². The van der Waals surface area contributed by atoms with E-state index in [9.17, 15) is 32.9 Å². The van der Waals surface area contributed by atoms with Gasteiger partial charge in [-0.1, -0.05) is 6.07 Å². The number of hydrogen-bond donors (Lipinski definition) is 1. The van der Waals surface area contributed by atoms with Crippen LogP contribution >= 0.6 is 0 Å². The standard InChI is InChI=1S/C19H13F3N2O6/c1-10(18(26)23-11-3-2-4-12(7-11)24(27)28)29-13-5-6-14-15(19(20,21)22)9-17(25)30-16(14)8-13/h2-10H,1H3,(H,23,26). The number of fused-ring (bicyclic) bond motifs is 1. The number of ether oxygens (including phenoxy) is 1. The van der Waals surface area contributed by atoms with Crippen LogP contribution in [-0.2, 0) is 11.0 Å². The number of nitro groups is 1. The summed E-state index contributed by atoms with van der Waals surface area (Å²) in [5.74, 6) is -0.659. The second-order valence-corrected chi connectivity index (χ2v) is 6.19. The molecule has 1 heterocycles. The molecule has 3 rings (SSSR count). The summed E-state index contributed by atoms with van der Waals surface area (Å²) >= 11 is 0. The summed E-state index contributed by atoms with van der Waals surface area (Å²) in [5, 5.41) is 12.9. The number of carbonyl (C=O) groups excluding carboxylic acids is 1. The molecule has 11 heteroatoms. The molecule has 8 nitrogen and oxygen atoms in total. The number of rotatable bonds is 5. The van der Waals surface area contributed by atoms with Crippen molar-refractivity contribution in [3.63, 3.8) is 0 Å². The van der Waals surface area contributed by atoms with Gasteiger partial charge in [-0.15, -0.1) is 0 Å². The number of halogens is 3. The van der Waals surface area contributed by atoms with E-state index in [1.807, 2.05) is 0 Å². The molecule has 0 radical (unpaired) electrons. The van der Waals surface area contributed by atoms with Crippen molar-refractivity contribution < 1.29 is 32.0 Å². The molecule has 0 spiro atoms. The maximum absolute atomic E-state index is 13.1. The van der Waals surface area contributed by atoms with Crippen LogP contribution in [0, 0.1) is 10.1 Å². The van der Waals surface area contributed by atoms with Gasteiger partial charge < -0.3 is 14.5 Å². The van der Waals surface area contributed by atoms with E-state index in [1.54, 1.807) is 0 Å². The summed E-state index contributed by atoms with van der Waals surface area (Å²) in [6.07, 6.45) is -5.86. The van der Waals surface area contributed by atoms with Crippen LogP contribution in [-0.4, -0.2) is 16.9 Å². The predicted molar refractivity (Wildman–Crippen MR) is 99.3 cm³/mol. The highest BCUT2D eigenvalue weighted by molar-refractivity contribution is 5.94. The van der Waals surface area contributed by atoms with Crippen LogP contribution < -0.4 is 15.7 Å². The van der Waals surface area contributed by atoms with Crippen molar-refractivity contribution in [2.75, 3.05) is 5.32 Å². The summed E-state index contributed by atoms with van der Waals surface area (Å²) in [6.45, 7) is 1.37. The Morgan fingerprint density at radius 1 is 1.20 bits per heavy atom. The van der Waals surface area contributed by atoms with Crippen molar-refractivity contribution >= 4 is 28.3 Å². The fourth-order valence-corrected chi connectivity index (χ4v) is 2.65. The average Bonchev–Trinajstić information content (AvgIpc) is 2.66. The van der Waals surface area contributed by atoms with Gasteiger partial charge in [-0.05, 0) is 25.1 Å². The Hall–Kier alpha value is -3.89. The molecule has 30 heavy (non-hydrogen) atoms. The third-order valence-corrected chi connectivity index (χ3v) is 4.03. The zero-order valence-corrected chi connectivity index (χ0v) is 15.2. The van der Waals surface area contributed by atoms with Gasteiger partial charge in [-0.3, -0.25) is 14.9 Å². The average molecular weight is 422 g/mol. The number of hydrogen-bond acceptors (Lipinski definition) is 6. The number of nitro benzene ring substituents is 1. The molecule has 2 aromatic carbocycles. The predicted octanol–water partition coefficient (Wildman–Crippen LogP) is 4.13. The molecular weight excluding hydrogens is 409 g/mol. The fourth-order valence-electron chi connectivity index (χ4n) is 2.65. The molecule has 0 aliphatic heterocycles. The molecular formula is C19H13F3N2O6. The molecule has 1 aromatic heterocycles. The van der Waals surface area contributed by atoms with Gasteiger partial charge >= 0.3 is 11.8 Å². The minimum atomic E-state index is -4.75. The van der Waals surface area contributed by atoms with Crippen molar-refractivity contribution in [2.24, 2.45) is 0 Å². The highest BCUT2D eigenvalue weighted by atomic mass is 19.4. The highest BCUT2D eigenvalue weighted by Gasteiger charge is 2.34. The Kier molecular flexibility index (Phi) is 5.45. The molecule has 156 valence electrons. The maximum atomic E-state index is 13.1. The number of nitrogens with one attached hydrogen (secondary N) is 1. The number of alkyl halides is 3. The van der Waals surface area contributed by atoms with Gasteiger partial charge in [0.15, 0.2) is 6.10 Å². The van der Waals surface area contributed by atoms with Crippen LogP contribution in [0.15, 0.2) is 57.7 Å². The van der Waals surface area contributed by atoms with Crippen LogP contribution in [0.25, 0.3) is 11.0 Å². The van der Waals surface area contributed by atoms with Crippen molar-refractivity contribution in [3.05, 3.63) is 74.6 Å². The van der Waals surface area contributed by atoms with Gasteiger partial charge in [-0.25, -0.2) is 4.79 Å². The normalized spacial score (nSPS) is 12.4. The number of amides is 1. The minimum Gasteiger partial charge on any atom is -0.481 e. The van der Waals surface area contributed by atoms with Gasteiger partial charge in [-0.2, -0.15) is 13.2 Å². The Balaban J connectivity index is 1.80. The Bertz CT molecular complexity index is 1190. The molecule has 0 saturated carbocycles. The van der Waals surface area contributed by atoms with E-state index in [1.165, 1.54) is 31.2 Å². The smallest absolute Gasteiger partial charge is 0.417 e. The molecule has 1 amide bonds. The summed E-state index contributed by atoms with van der Waals surface area (Å²) in [7, 11) is 0. The lowest BCUT2D eigenvalue weighted by Gasteiger charge is -2.15. The SMILES string of the molecule is CC(Oc1ccc2c(C(F)(F)F)cc(=O)oc2c1)C(=O)Nc1cccc([N+](=O)[O-])c1. The van der Waals surface area contributed by atoms with Crippen molar-refractivity contribution in [1.29, 1.82) is 0 Å². The van der Waals surface area contributed by atoms with Gasteiger partial charge in [0.1, 0.15) is 11.3 Å². The number of non-ortho nitro benzene ring substituents is 1. The van der Waals surface area contributed by atoms with Crippen LogP contribution in [0.4, 0.5) is 24.5 Å². The van der Waals surface area contributed by atoms with Crippen molar-refractivity contribution in [2.45, 2.75) is 19.2 Å². The summed E-state index contributed by atoms with van der Waals surface area (Å²) < 4.78 is 49.5. The number of anilines is 1. The lowest BCUT2D eigenvalue weighted by atomic mass is 10.1. The molecule has 0 aliphatic carbocycles. The quantitative estimate of drug-likeness (QED) is 0.376. The highest BCUT2D eigenvalue weighted by Crippen LogP contribution is 2.35. The second-order valence-electron chi connectivity index (χ2n) is 6.19. The number of carbonyl (C=O) groups is 1. The summed E-state index contributed by atoms with van der Waals surface area (Å²) in [5.41, 5.74) is -2.71. The first-order valence-electron chi connectivity index (χ1n) is 8.41. The van der Waals surface area contributed by atoms with Gasteiger partial charge in [0.2, 0.25) is 0 Å². The lowest BCUT2D eigenvalue weighted by molar-refractivity contribution is -0.384. The van der Waals surface area contributed by atoms with E-state index in [0.717, 1.165) is 18.2 Å². The van der Waals surface area contributed by atoms with Crippen LogP contribution in [0.5, 0.6) is 5.75 Å². The van der Waals surface area contributed by atoms with Crippen molar-refractivity contribution in [1.82, 2.24) is 0 Å². The maximum Gasteiger partial charge on any atom is 0.417 e. The molecule has 1 unspecified atom stereocenters. The third kappa shape index (κ3) is 4.57. The van der Waals surface area contributed by atoms with Crippen LogP contribution in [0.2, 0.25) is 0 Å². The van der Waals surface area contributed by atoms with Gasteiger partial charge in [0.25, 0.3) is 11.6 Å². The van der Waals surface area contributed by atoms with Gasteiger partial charge in [0.05, 0.1) is 10.5 Å². The number of nitrogens with zero attached hydrogens (tertiary/aromatic N) is 1. The largest absolute Gasteiger partial charge is 0.481 e.